The van der Waals surface area contributed by atoms with E-state index < -0.39 is 12.7 Å². The highest BCUT2D eigenvalue weighted by Crippen LogP contribution is 2.39. The Morgan fingerprint density at radius 1 is 0.882 bits per heavy atom. The predicted octanol–water partition coefficient (Wildman–Crippen LogP) is 8.68. The van der Waals surface area contributed by atoms with Crippen LogP contribution in [0.1, 0.15) is 65.7 Å². The maximum atomic E-state index is 9.22. The lowest BCUT2D eigenvalue weighted by Crippen LogP contribution is -2.07. The average Bonchev–Trinajstić information content (AvgIpc) is 3.26. The van der Waals surface area contributed by atoms with E-state index in [-0.39, 0.29) is 5.56 Å². The molecule has 0 atom stereocenters. The van der Waals surface area contributed by atoms with Crippen molar-refractivity contribution in [3.05, 3.63) is 83.0 Å². The highest BCUT2D eigenvalue weighted by Gasteiger charge is 2.20. The zero-order valence-corrected chi connectivity index (χ0v) is 19.6. The number of furan rings is 1. The topological polar surface area (TPSA) is 38.9 Å². The van der Waals surface area contributed by atoms with Gasteiger partial charge in [0.05, 0.1) is 11.4 Å². The summed E-state index contributed by atoms with van der Waals surface area (Å²) in [5.41, 5.74) is 7.63. The van der Waals surface area contributed by atoms with Gasteiger partial charge >= 0.3 is 0 Å². The first-order valence-electron chi connectivity index (χ1n) is 14.1. The van der Waals surface area contributed by atoms with Crippen molar-refractivity contribution in [2.45, 2.75) is 58.7 Å². The van der Waals surface area contributed by atoms with Gasteiger partial charge in [0, 0.05) is 33.6 Å². The number of aryl methyl sites for hydroxylation is 3. The van der Waals surface area contributed by atoms with Crippen LogP contribution in [0.5, 0.6) is 0 Å². The summed E-state index contributed by atoms with van der Waals surface area (Å²) in [4.78, 5) is 9.48. The maximum absolute atomic E-state index is 9.22. The lowest BCUT2D eigenvalue weighted by atomic mass is 9.82. The van der Waals surface area contributed by atoms with E-state index in [1.807, 2.05) is 36.4 Å². The molecule has 1 aliphatic carbocycles. The van der Waals surface area contributed by atoms with Crippen LogP contribution in [0.15, 0.2) is 65.2 Å². The molecule has 0 radical (unpaired) electrons. The van der Waals surface area contributed by atoms with Gasteiger partial charge in [0.1, 0.15) is 5.58 Å². The fourth-order valence-electron chi connectivity index (χ4n) is 5.38. The summed E-state index contributed by atoms with van der Waals surface area (Å²) in [7, 11) is 0. The van der Waals surface area contributed by atoms with Crippen LogP contribution in [-0.2, 0) is 0 Å². The van der Waals surface area contributed by atoms with Gasteiger partial charge < -0.3 is 4.42 Å². The van der Waals surface area contributed by atoms with Crippen LogP contribution in [0.3, 0.4) is 0 Å². The number of aromatic nitrogens is 2. The Bertz CT molecular complexity index is 1660. The molecule has 34 heavy (non-hydrogen) atoms. The molecule has 1 aliphatic rings. The van der Waals surface area contributed by atoms with Crippen molar-refractivity contribution in [2.24, 2.45) is 0 Å². The van der Waals surface area contributed by atoms with E-state index in [2.05, 4.69) is 37.0 Å². The molecular weight excluding hydrogens is 416 g/mol. The molecule has 5 aromatic rings. The summed E-state index contributed by atoms with van der Waals surface area (Å²) < 4.78 is 39.9. The van der Waals surface area contributed by atoms with E-state index in [1.165, 1.54) is 6.20 Å². The monoisotopic (exact) mass is 450 g/mol. The molecule has 1 saturated carbocycles. The van der Waals surface area contributed by atoms with E-state index in [0.29, 0.717) is 35.4 Å². The number of rotatable bonds is 3. The minimum atomic E-state index is -2.33. The smallest absolute Gasteiger partial charge is 0.227 e. The fourth-order valence-corrected chi connectivity index (χ4v) is 5.38. The second kappa shape index (κ2) is 8.39. The molecule has 170 valence electrons. The van der Waals surface area contributed by atoms with Gasteiger partial charge in [-0.1, -0.05) is 49.6 Å². The summed E-state index contributed by atoms with van der Waals surface area (Å²) in [6.45, 7) is 1.84. The molecule has 3 aromatic heterocycles. The molecule has 0 spiro atoms. The van der Waals surface area contributed by atoms with E-state index in [4.69, 9.17) is 13.5 Å². The summed E-state index contributed by atoms with van der Waals surface area (Å²) >= 11 is 0. The van der Waals surface area contributed by atoms with Crippen LogP contribution < -0.4 is 0 Å². The van der Waals surface area contributed by atoms with Crippen LogP contribution >= 0.6 is 0 Å². The first-order valence-corrected chi connectivity index (χ1v) is 12.1. The summed E-state index contributed by atoms with van der Waals surface area (Å²) in [5, 5.41) is 1.85. The highest BCUT2D eigenvalue weighted by atomic mass is 16.3. The van der Waals surface area contributed by atoms with Crippen molar-refractivity contribution in [1.29, 1.82) is 0 Å². The molecule has 2 aromatic carbocycles. The van der Waals surface area contributed by atoms with Crippen LogP contribution in [0.4, 0.5) is 0 Å². The predicted molar refractivity (Wildman–Crippen MR) is 140 cm³/mol. The third kappa shape index (κ3) is 3.51. The molecule has 1 fully saturated rings. The molecule has 0 N–H and O–H groups in total. The number of pyridine rings is 2. The molecule has 3 heteroatoms. The number of nitrogens with zero attached hydrogens (tertiary/aromatic N) is 2. The van der Waals surface area contributed by atoms with Crippen LogP contribution in [0.2, 0.25) is 0 Å². The van der Waals surface area contributed by atoms with Crippen molar-refractivity contribution in [1.82, 2.24) is 9.97 Å². The van der Waals surface area contributed by atoms with Crippen LogP contribution in [0, 0.1) is 20.7 Å². The number of fused-ring (bicyclic) bond motifs is 3. The minimum Gasteiger partial charge on any atom is -0.437 e. The SMILES string of the molecule is [2H]C([2H])([2H])c1cnc(-c2cccc3c2oc2nc(-c4c(C)cccc4C)ccc23)cc1C1([2H])CCCCC1. The first-order chi connectivity index (χ1) is 18.2. The van der Waals surface area contributed by atoms with Gasteiger partial charge in [-0.2, -0.15) is 0 Å². The number of para-hydroxylation sites is 1. The Balaban J connectivity index is 1.53. The van der Waals surface area contributed by atoms with E-state index in [9.17, 15) is 1.37 Å². The van der Waals surface area contributed by atoms with Gasteiger partial charge in [0.25, 0.3) is 0 Å². The van der Waals surface area contributed by atoms with Gasteiger partial charge in [-0.05, 0) is 86.0 Å². The van der Waals surface area contributed by atoms with Crippen molar-refractivity contribution in [3.63, 3.8) is 0 Å². The molecule has 3 nitrogen and oxygen atoms in total. The van der Waals surface area contributed by atoms with Gasteiger partial charge in [0.2, 0.25) is 5.71 Å². The Hall–Kier alpha value is -3.46. The summed E-state index contributed by atoms with van der Waals surface area (Å²) in [6, 6.07) is 18.0. The average molecular weight is 451 g/mol. The van der Waals surface area contributed by atoms with E-state index in [0.717, 1.165) is 58.0 Å². The van der Waals surface area contributed by atoms with Gasteiger partial charge in [-0.15, -0.1) is 0 Å². The Labute approximate surface area is 206 Å². The second-order valence-corrected chi connectivity index (χ2v) is 9.38. The van der Waals surface area contributed by atoms with Crippen molar-refractivity contribution >= 4 is 22.1 Å². The first kappa shape index (κ1) is 17.0. The number of hydrogen-bond acceptors (Lipinski definition) is 3. The molecule has 0 bridgehead atoms. The summed E-state index contributed by atoms with van der Waals surface area (Å²) in [6.07, 6.45) is 5.68. The standard InChI is InChI=1S/C31H30N2O/c1-19-9-7-10-20(2)29(19)27-16-15-24-23-13-8-14-25(30(23)34-31(24)33-27)28-17-26(21(3)18-32-28)22-11-5-4-6-12-22/h7-10,13-18,22H,4-6,11-12H2,1-3H3/i3D3,22D. The van der Waals surface area contributed by atoms with E-state index >= 15 is 0 Å². The Kier molecular flexibility index (Phi) is 4.21. The molecule has 0 aliphatic heterocycles. The zero-order chi connectivity index (χ0) is 26.7. The molecule has 0 amide bonds. The number of hydrogen-bond donors (Lipinski definition) is 0. The lowest BCUT2D eigenvalue weighted by molar-refractivity contribution is 0.442. The quantitative estimate of drug-likeness (QED) is 0.276. The zero-order valence-electron chi connectivity index (χ0n) is 23.6. The van der Waals surface area contributed by atoms with Gasteiger partial charge in [-0.3, -0.25) is 4.98 Å². The van der Waals surface area contributed by atoms with E-state index in [1.54, 1.807) is 0 Å². The second-order valence-electron chi connectivity index (χ2n) is 9.38. The molecule has 6 rings (SSSR count). The van der Waals surface area contributed by atoms with Gasteiger partial charge in [0.15, 0.2) is 0 Å². The van der Waals surface area contributed by atoms with Gasteiger partial charge in [-0.25, -0.2) is 4.98 Å². The maximum Gasteiger partial charge on any atom is 0.227 e. The Morgan fingerprint density at radius 2 is 1.68 bits per heavy atom. The van der Waals surface area contributed by atoms with Crippen LogP contribution in [-0.4, -0.2) is 9.97 Å². The van der Waals surface area contributed by atoms with Crippen LogP contribution in [0.25, 0.3) is 44.6 Å². The number of benzene rings is 2. The highest BCUT2D eigenvalue weighted by molar-refractivity contribution is 6.08. The molecule has 0 unspecified atom stereocenters. The third-order valence-corrected chi connectivity index (χ3v) is 7.12. The molecular formula is C31H30N2O. The molecule has 0 saturated heterocycles. The normalized spacial score (nSPS) is 17.8. The Morgan fingerprint density at radius 3 is 2.47 bits per heavy atom. The summed E-state index contributed by atoms with van der Waals surface area (Å²) in [5.74, 6) is -0.927. The largest absolute Gasteiger partial charge is 0.437 e. The molecule has 3 heterocycles. The lowest BCUT2D eigenvalue weighted by Gasteiger charge is -2.24. The van der Waals surface area contributed by atoms with Crippen molar-refractivity contribution in [3.8, 4) is 22.5 Å². The minimum absolute atomic E-state index is 0.176. The third-order valence-electron chi connectivity index (χ3n) is 7.12. The van der Waals surface area contributed by atoms with Crippen molar-refractivity contribution < 1.29 is 9.90 Å². The fraction of sp³-hybridized carbons (Fsp3) is 0.290. The van der Waals surface area contributed by atoms with Crippen molar-refractivity contribution in [2.75, 3.05) is 0 Å².